The fourth-order valence-corrected chi connectivity index (χ4v) is 2.18. The number of carbonyl (C=O) groups is 2. The highest BCUT2D eigenvalue weighted by Crippen LogP contribution is 2.18. The van der Waals surface area contributed by atoms with Gasteiger partial charge >= 0.3 is 5.97 Å². The molecule has 102 valence electrons. The number of nitrogens with zero attached hydrogens (tertiary/aromatic N) is 1. The molecule has 0 spiro atoms. The summed E-state index contributed by atoms with van der Waals surface area (Å²) in [5, 5.41) is 9.01. The Bertz CT molecular complexity index is 469. The van der Waals surface area contributed by atoms with Crippen LogP contribution in [0.2, 0.25) is 0 Å². The fourth-order valence-electron chi connectivity index (χ4n) is 2.18. The van der Waals surface area contributed by atoms with E-state index < -0.39 is 12.0 Å². The van der Waals surface area contributed by atoms with Crippen molar-refractivity contribution in [2.24, 2.45) is 0 Å². The SMILES string of the molecule is Cc1ccc(OCC(=O)N2CCC[C@@H]2C(=O)O)cc1. The van der Waals surface area contributed by atoms with Crippen molar-refractivity contribution < 1.29 is 19.4 Å². The number of ether oxygens (including phenoxy) is 1. The van der Waals surface area contributed by atoms with Crippen LogP contribution in [0.3, 0.4) is 0 Å². The van der Waals surface area contributed by atoms with Crippen molar-refractivity contribution in [1.82, 2.24) is 4.90 Å². The summed E-state index contributed by atoms with van der Waals surface area (Å²) in [6.07, 6.45) is 1.25. The van der Waals surface area contributed by atoms with E-state index >= 15 is 0 Å². The van der Waals surface area contributed by atoms with Crippen molar-refractivity contribution in [2.75, 3.05) is 13.2 Å². The Kier molecular flexibility index (Phi) is 4.04. The molecule has 2 rings (SSSR count). The molecule has 5 heteroatoms. The van der Waals surface area contributed by atoms with Gasteiger partial charge in [0.25, 0.3) is 5.91 Å². The lowest BCUT2D eigenvalue weighted by Crippen LogP contribution is -2.42. The Morgan fingerprint density at radius 3 is 2.68 bits per heavy atom. The van der Waals surface area contributed by atoms with Crippen LogP contribution in [0.25, 0.3) is 0 Å². The molecule has 1 aromatic carbocycles. The average molecular weight is 263 g/mol. The van der Waals surface area contributed by atoms with Crippen molar-refractivity contribution in [3.8, 4) is 5.75 Å². The molecule has 1 aliphatic rings. The van der Waals surface area contributed by atoms with E-state index in [1.807, 2.05) is 19.1 Å². The van der Waals surface area contributed by atoms with Crippen LogP contribution in [0.15, 0.2) is 24.3 Å². The van der Waals surface area contributed by atoms with Gasteiger partial charge in [0.05, 0.1) is 0 Å². The second-order valence-electron chi connectivity index (χ2n) is 4.69. The highest BCUT2D eigenvalue weighted by atomic mass is 16.5. The molecule has 5 nitrogen and oxygen atoms in total. The van der Waals surface area contributed by atoms with Crippen LogP contribution in [0.4, 0.5) is 0 Å². The number of hydrogen-bond acceptors (Lipinski definition) is 3. The second-order valence-corrected chi connectivity index (χ2v) is 4.69. The molecule has 1 fully saturated rings. The second kappa shape index (κ2) is 5.73. The zero-order chi connectivity index (χ0) is 13.8. The van der Waals surface area contributed by atoms with E-state index in [0.717, 1.165) is 12.0 Å². The number of carbonyl (C=O) groups excluding carboxylic acids is 1. The molecule has 0 aromatic heterocycles. The first-order valence-electron chi connectivity index (χ1n) is 6.29. The maximum Gasteiger partial charge on any atom is 0.326 e. The summed E-state index contributed by atoms with van der Waals surface area (Å²) in [7, 11) is 0. The summed E-state index contributed by atoms with van der Waals surface area (Å²) in [5.74, 6) is -0.600. The van der Waals surface area contributed by atoms with Crippen molar-refractivity contribution in [1.29, 1.82) is 0 Å². The Morgan fingerprint density at radius 1 is 1.37 bits per heavy atom. The van der Waals surface area contributed by atoms with Crippen LogP contribution in [-0.4, -0.2) is 41.1 Å². The highest BCUT2D eigenvalue weighted by molar-refractivity contribution is 5.85. The van der Waals surface area contributed by atoms with Gasteiger partial charge in [0.2, 0.25) is 0 Å². The Morgan fingerprint density at radius 2 is 2.05 bits per heavy atom. The van der Waals surface area contributed by atoms with Gasteiger partial charge in [-0.15, -0.1) is 0 Å². The topological polar surface area (TPSA) is 66.8 Å². The normalized spacial score (nSPS) is 18.4. The number of aryl methyl sites for hydroxylation is 1. The van der Waals surface area contributed by atoms with Crippen LogP contribution < -0.4 is 4.74 Å². The minimum absolute atomic E-state index is 0.118. The van der Waals surface area contributed by atoms with Gasteiger partial charge in [-0.1, -0.05) is 17.7 Å². The van der Waals surface area contributed by atoms with Crippen molar-refractivity contribution in [2.45, 2.75) is 25.8 Å². The lowest BCUT2D eigenvalue weighted by atomic mass is 10.2. The zero-order valence-electron chi connectivity index (χ0n) is 10.8. The molecule has 0 radical (unpaired) electrons. The minimum atomic E-state index is -0.943. The maximum absolute atomic E-state index is 11.9. The molecule has 1 amide bonds. The van der Waals surface area contributed by atoms with Gasteiger partial charge in [-0.3, -0.25) is 4.79 Å². The summed E-state index contributed by atoms with van der Waals surface area (Å²) in [5.41, 5.74) is 1.11. The van der Waals surface area contributed by atoms with Crippen molar-refractivity contribution in [3.05, 3.63) is 29.8 Å². The summed E-state index contributed by atoms with van der Waals surface area (Å²) in [6.45, 7) is 2.34. The fraction of sp³-hybridized carbons (Fsp3) is 0.429. The molecule has 0 aliphatic carbocycles. The molecular formula is C14H17NO4. The average Bonchev–Trinajstić information content (AvgIpc) is 2.87. The van der Waals surface area contributed by atoms with Crippen LogP contribution in [-0.2, 0) is 9.59 Å². The molecular weight excluding hydrogens is 246 g/mol. The summed E-state index contributed by atoms with van der Waals surface area (Å²) >= 11 is 0. The van der Waals surface area contributed by atoms with Crippen LogP contribution in [0.5, 0.6) is 5.75 Å². The van der Waals surface area contributed by atoms with E-state index in [-0.39, 0.29) is 12.5 Å². The highest BCUT2D eigenvalue weighted by Gasteiger charge is 2.33. The molecule has 1 atom stereocenters. The number of aliphatic carboxylic acids is 1. The van der Waals surface area contributed by atoms with E-state index in [9.17, 15) is 9.59 Å². The Balaban J connectivity index is 1.90. The van der Waals surface area contributed by atoms with E-state index in [0.29, 0.717) is 18.7 Å². The zero-order valence-corrected chi connectivity index (χ0v) is 10.8. The largest absolute Gasteiger partial charge is 0.484 e. The lowest BCUT2D eigenvalue weighted by molar-refractivity contribution is -0.148. The number of carboxylic acid groups (broad SMARTS) is 1. The third-order valence-corrected chi connectivity index (χ3v) is 3.24. The first-order chi connectivity index (χ1) is 9.08. The Labute approximate surface area is 111 Å². The number of likely N-dealkylation sites (tertiary alicyclic amines) is 1. The number of rotatable bonds is 4. The first-order valence-corrected chi connectivity index (χ1v) is 6.29. The van der Waals surface area contributed by atoms with Crippen molar-refractivity contribution in [3.63, 3.8) is 0 Å². The minimum Gasteiger partial charge on any atom is -0.484 e. The third kappa shape index (κ3) is 3.24. The summed E-state index contributed by atoms with van der Waals surface area (Å²) < 4.78 is 5.38. The predicted molar refractivity (Wildman–Crippen MR) is 69.0 cm³/mol. The third-order valence-electron chi connectivity index (χ3n) is 3.24. The smallest absolute Gasteiger partial charge is 0.326 e. The first kappa shape index (κ1) is 13.4. The van der Waals surface area contributed by atoms with E-state index in [1.54, 1.807) is 12.1 Å². The number of benzene rings is 1. The van der Waals surface area contributed by atoms with E-state index in [1.165, 1.54) is 4.90 Å². The van der Waals surface area contributed by atoms with Gasteiger partial charge < -0.3 is 14.7 Å². The molecule has 0 bridgehead atoms. The molecule has 0 unspecified atom stereocenters. The molecule has 19 heavy (non-hydrogen) atoms. The molecule has 1 aromatic rings. The van der Waals surface area contributed by atoms with Gasteiger partial charge in [0.1, 0.15) is 11.8 Å². The molecule has 1 N–H and O–H groups in total. The van der Waals surface area contributed by atoms with Gasteiger partial charge in [-0.2, -0.15) is 0 Å². The Hall–Kier alpha value is -2.04. The summed E-state index contributed by atoms with van der Waals surface area (Å²) in [6, 6.07) is 6.68. The number of hydrogen-bond donors (Lipinski definition) is 1. The van der Waals surface area contributed by atoms with E-state index in [2.05, 4.69) is 0 Å². The lowest BCUT2D eigenvalue weighted by Gasteiger charge is -2.21. The number of carboxylic acids is 1. The molecule has 1 aliphatic heterocycles. The van der Waals surface area contributed by atoms with Crippen LogP contribution >= 0.6 is 0 Å². The van der Waals surface area contributed by atoms with Gasteiger partial charge in [-0.25, -0.2) is 4.79 Å². The van der Waals surface area contributed by atoms with Crippen LogP contribution in [0.1, 0.15) is 18.4 Å². The number of amides is 1. The molecule has 1 saturated heterocycles. The van der Waals surface area contributed by atoms with Crippen LogP contribution in [0, 0.1) is 6.92 Å². The van der Waals surface area contributed by atoms with Gasteiger partial charge in [-0.05, 0) is 31.9 Å². The quantitative estimate of drug-likeness (QED) is 0.892. The standard InChI is InChI=1S/C14H17NO4/c1-10-4-6-11(7-5-10)19-9-13(16)15-8-2-3-12(15)14(17)18/h4-7,12H,2-3,8-9H2,1H3,(H,17,18)/t12-/m1/s1. The van der Waals surface area contributed by atoms with Crippen molar-refractivity contribution >= 4 is 11.9 Å². The monoisotopic (exact) mass is 263 g/mol. The molecule has 0 saturated carbocycles. The van der Waals surface area contributed by atoms with E-state index in [4.69, 9.17) is 9.84 Å². The maximum atomic E-state index is 11.9. The summed E-state index contributed by atoms with van der Waals surface area (Å²) in [4.78, 5) is 24.3. The predicted octanol–water partition coefficient (Wildman–Crippen LogP) is 1.45. The van der Waals surface area contributed by atoms with Gasteiger partial charge in [0.15, 0.2) is 6.61 Å². The molecule has 1 heterocycles. The van der Waals surface area contributed by atoms with Gasteiger partial charge in [0, 0.05) is 6.54 Å².